The van der Waals surface area contributed by atoms with E-state index in [1.807, 2.05) is 0 Å². The van der Waals surface area contributed by atoms with Crippen molar-refractivity contribution in [2.45, 2.75) is 97.1 Å². The molecule has 1 aliphatic heterocycles. The Labute approximate surface area is 169 Å². The van der Waals surface area contributed by atoms with Gasteiger partial charge in [-0.1, -0.05) is 47.0 Å². The molecule has 28 heavy (non-hydrogen) atoms. The fraction of sp³-hybridized carbons (Fsp3) is 0.864. The van der Waals surface area contributed by atoms with Gasteiger partial charge in [-0.3, -0.25) is 14.5 Å². The molecule has 6 nitrogen and oxygen atoms in total. The zero-order chi connectivity index (χ0) is 20.5. The number of carbonyl (C=O) groups is 3. The minimum absolute atomic E-state index is 0.155. The first-order valence-electron chi connectivity index (χ1n) is 11.1. The van der Waals surface area contributed by atoms with Crippen molar-refractivity contribution in [2.75, 3.05) is 6.54 Å². The number of rotatable bonds is 5. The zero-order valence-corrected chi connectivity index (χ0v) is 18.0. The van der Waals surface area contributed by atoms with Crippen LogP contribution >= 0.6 is 0 Å². The van der Waals surface area contributed by atoms with Crippen LogP contribution in [0.15, 0.2) is 0 Å². The Morgan fingerprint density at radius 2 is 1.82 bits per heavy atom. The maximum Gasteiger partial charge on any atom is 0.325 e. The molecule has 3 fully saturated rings. The third kappa shape index (κ3) is 4.06. The van der Waals surface area contributed by atoms with Crippen LogP contribution in [0.25, 0.3) is 0 Å². The van der Waals surface area contributed by atoms with Gasteiger partial charge >= 0.3 is 6.03 Å². The molecule has 0 bridgehead atoms. The molecule has 0 radical (unpaired) electrons. The van der Waals surface area contributed by atoms with E-state index < -0.39 is 11.6 Å². The van der Waals surface area contributed by atoms with Crippen molar-refractivity contribution in [3.05, 3.63) is 0 Å². The van der Waals surface area contributed by atoms with Crippen LogP contribution in [0.2, 0.25) is 0 Å². The average molecular weight is 392 g/mol. The summed E-state index contributed by atoms with van der Waals surface area (Å²) in [4.78, 5) is 39.2. The highest BCUT2D eigenvalue weighted by Gasteiger charge is 2.53. The lowest BCUT2D eigenvalue weighted by Gasteiger charge is -2.42. The van der Waals surface area contributed by atoms with Gasteiger partial charge in [-0.2, -0.15) is 0 Å². The van der Waals surface area contributed by atoms with Crippen molar-refractivity contribution in [1.82, 2.24) is 15.5 Å². The van der Waals surface area contributed by atoms with Crippen molar-refractivity contribution in [1.29, 1.82) is 0 Å². The fourth-order valence-corrected chi connectivity index (χ4v) is 5.27. The number of carbonyl (C=O) groups excluding carboxylic acids is 3. The van der Waals surface area contributed by atoms with Gasteiger partial charge in [0.25, 0.3) is 5.91 Å². The monoisotopic (exact) mass is 391 g/mol. The number of hydrogen-bond acceptors (Lipinski definition) is 3. The molecule has 3 rings (SSSR count). The Morgan fingerprint density at radius 3 is 2.43 bits per heavy atom. The Morgan fingerprint density at radius 1 is 1.18 bits per heavy atom. The Hall–Kier alpha value is -1.59. The molecule has 0 aromatic heterocycles. The first-order valence-corrected chi connectivity index (χ1v) is 11.1. The van der Waals surface area contributed by atoms with Gasteiger partial charge in [0.1, 0.15) is 12.1 Å². The van der Waals surface area contributed by atoms with Gasteiger partial charge < -0.3 is 10.6 Å². The number of amides is 4. The smallest absolute Gasteiger partial charge is 0.325 e. The van der Waals surface area contributed by atoms with E-state index in [1.54, 1.807) is 0 Å². The molecular formula is C22H37N3O3. The Kier molecular flexibility index (Phi) is 6.06. The molecule has 1 heterocycles. The first-order chi connectivity index (χ1) is 13.2. The molecule has 2 aliphatic carbocycles. The van der Waals surface area contributed by atoms with Crippen LogP contribution in [-0.4, -0.2) is 40.9 Å². The Bertz CT molecular complexity index is 623. The highest BCUT2D eigenvalue weighted by molar-refractivity contribution is 6.09. The second kappa shape index (κ2) is 8.03. The molecule has 6 heteroatoms. The lowest BCUT2D eigenvalue weighted by atomic mass is 9.65. The molecule has 4 amide bonds. The van der Waals surface area contributed by atoms with Crippen LogP contribution < -0.4 is 10.6 Å². The van der Waals surface area contributed by atoms with E-state index in [0.29, 0.717) is 24.7 Å². The highest BCUT2D eigenvalue weighted by Crippen LogP contribution is 2.45. The van der Waals surface area contributed by atoms with E-state index in [9.17, 15) is 14.4 Å². The number of nitrogens with one attached hydrogen (secondary N) is 2. The summed E-state index contributed by atoms with van der Waals surface area (Å²) in [5.41, 5.74) is -0.542. The predicted octanol–water partition coefficient (Wildman–Crippen LogP) is 3.60. The maximum atomic E-state index is 13.1. The molecule has 3 aliphatic rings. The Balaban J connectivity index is 1.59. The molecule has 0 aromatic rings. The van der Waals surface area contributed by atoms with Crippen molar-refractivity contribution < 1.29 is 14.4 Å². The lowest BCUT2D eigenvalue weighted by Crippen LogP contribution is -2.51. The zero-order valence-electron chi connectivity index (χ0n) is 18.0. The van der Waals surface area contributed by atoms with Gasteiger partial charge in [0.2, 0.25) is 5.91 Å². The largest absolute Gasteiger partial charge is 0.352 e. The van der Waals surface area contributed by atoms with Crippen LogP contribution in [0, 0.1) is 17.3 Å². The summed E-state index contributed by atoms with van der Waals surface area (Å²) in [7, 11) is 0. The van der Waals surface area contributed by atoms with Crippen LogP contribution in [0.1, 0.15) is 85.5 Å². The number of imide groups is 1. The van der Waals surface area contributed by atoms with Crippen molar-refractivity contribution >= 4 is 17.8 Å². The standard InChI is InChI=1S/C22H37N3O3/c1-5-21(3,4)16-10-12-22(13-11-16)19(27)25(20(28)24-22)14-18(26)23-17-9-7-6-8-15(17)2/h15-17H,5-14H2,1-4H3,(H,23,26)(H,24,28). The van der Waals surface area contributed by atoms with E-state index in [1.165, 1.54) is 6.42 Å². The first kappa shape index (κ1) is 21.1. The summed E-state index contributed by atoms with van der Waals surface area (Å²) < 4.78 is 0. The predicted molar refractivity (Wildman–Crippen MR) is 109 cm³/mol. The highest BCUT2D eigenvalue weighted by atomic mass is 16.2. The lowest BCUT2D eigenvalue weighted by molar-refractivity contribution is -0.136. The molecule has 1 saturated heterocycles. The van der Waals surface area contributed by atoms with Crippen LogP contribution in [0.3, 0.4) is 0 Å². The van der Waals surface area contributed by atoms with E-state index in [2.05, 4.69) is 38.3 Å². The average Bonchev–Trinajstić information content (AvgIpc) is 2.88. The summed E-state index contributed by atoms with van der Waals surface area (Å²) in [6.07, 6.45) is 8.75. The van der Waals surface area contributed by atoms with Crippen molar-refractivity contribution in [2.24, 2.45) is 17.3 Å². The number of nitrogens with zero attached hydrogens (tertiary/aromatic N) is 1. The SMILES string of the molecule is CCC(C)(C)C1CCC2(CC1)NC(=O)N(CC(=O)NC1CCCCC1C)C2=O. The van der Waals surface area contributed by atoms with Crippen molar-refractivity contribution in [3.8, 4) is 0 Å². The molecular weight excluding hydrogens is 354 g/mol. The summed E-state index contributed by atoms with van der Waals surface area (Å²) in [5.74, 6) is 0.583. The second-order valence-corrected chi connectivity index (χ2v) is 9.96. The molecule has 2 atom stereocenters. The molecule has 2 saturated carbocycles. The normalized spacial score (nSPS) is 33.9. The molecule has 1 spiro atoms. The summed E-state index contributed by atoms with van der Waals surface area (Å²) in [5, 5.41) is 5.98. The fourth-order valence-electron chi connectivity index (χ4n) is 5.27. The molecule has 0 aromatic carbocycles. The maximum absolute atomic E-state index is 13.1. The van der Waals surface area contributed by atoms with Gasteiger partial charge in [-0.25, -0.2) is 4.79 Å². The summed E-state index contributed by atoms with van der Waals surface area (Å²) in [6, 6.07) is -0.257. The quantitative estimate of drug-likeness (QED) is 0.703. The topological polar surface area (TPSA) is 78.5 Å². The summed E-state index contributed by atoms with van der Waals surface area (Å²) >= 11 is 0. The minimum atomic E-state index is -0.796. The van der Waals surface area contributed by atoms with Crippen LogP contribution in [0.5, 0.6) is 0 Å². The molecule has 2 N–H and O–H groups in total. The number of hydrogen-bond donors (Lipinski definition) is 2. The summed E-state index contributed by atoms with van der Waals surface area (Å²) in [6.45, 7) is 8.77. The second-order valence-electron chi connectivity index (χ2n) is 9.96. The van der Waals surface area contributed by atoms with Gasteiger partial charge in [-0.15, -0.1) is 0 Å². The van der Waals surface area contributed by atoms with E-state index >= 15 is 0 Å². The van der Waals surface area contributed by atoms with E-state index in [0.717, 1.165) is 43.4 Å². The van der Waals surface area contributed by atoms with Gasteiger partial charge in [0.05, 0.1) is 0 Å². The van der Waals surface area contributed by atoms with Gasteiger partial charge in [0, 0.05) is 6.04 Å². The van der Waals surface area contributed by atoms with Crippen LogP contribution in [0.4, 0.5) is 4.79 Å². The van der Waals surface area contributed by atoms with Crippen LogP contribution in [-0.2, 0) is 9.59 Å². The molecule has 2 unspecified atom stereocenters. The third-order valence-electron chi connectivity index (χ3n) is 7.86. The van der Waals surface area contributed by atoms with Crippen molar-refractivity contribution in [3.63, 3.8) is 0 Å². The third-order valence-corrected chi connectivity index (χ3v) is 7.86. The van der Waals surface area contributed by atoms with E-state index in [4.69, 9.17) is 0 Å². The van der Waals surface area contributed by atoms with E-state index in [-0.39, 0.29) is 29.8 Å². The molecule has 158 valence electrons. The van der Waals surface area contributed by atoms with Gasteiger partial charge in [-0.05, 0) is 55.8 Å². The van der Waals surface area contributed by atoms with Gasteiger partial charge in [0.15, 0.2) is 0 Å². The minimum Gasteiger partial charge on any atom is -0.352 e. The number of urea groups is 1.